The van der Waals surface area contributed by atoms with Crippen molar-refractivity contribution in [1.29, 1.82) is 0 Å². The van der Waals surface area contributed by atoms with Crippen LogP contribution >= 0.6 is 11.6 Å². The van der Waals surface area contributed by atoms with E-state index in [-0.39, 0.29) is 23.9 Å². The third-order valence-electron chi connectivity index (χ3n) is 3.04. The van der Waals surface area contributed by atoms with Gasteiger partial charge in [0.05, 0.1) is 18.9 Å². The minimum Gasteiger partial charge on any atom is -0.444 e. The number of hydrogen-bond donors (Lipinski definition) is 1. The maximum Gasteiger partial charge on any atom is 0.411 e. The number of carbonyl (C=O) groups is 2. The van der Waals surface area contributed by atoms with Gasteiger partial charge in [-0.15, -0.1) is 0 Å². The zero-order valence-electron chi connectivity index (χ0n) is 13.0. The van der Waals surface area contributed by atoms with Crippen molar-refractivity contribution >= 4 is 29.4 Å². The van der Waals surface area contributed by atoms with Gasteiger partial charge in [0.2, 0.25) is 5.91 Å². The molecule has 1 aliphatic heterocycles. The second-order valence-corrected chi connectivity index (χ2v) is 6.59. The van der Waals surface area contributed by atoms with Crippen LogP contribution in [0, 0.1) is 0 Å². The van der Waals surface area contributed by atoms with Gasteiger partial charge in [-0.1, -0.05) is 11.6 Å². The molecule has 2 rings (SSSR count). The van der Waals surface area contributed by atoms with Crippen molar-refractivity contribution in [2.24, 2.45) is 0 Å². The van der Waals surface area contributed by atoms with Crippen LogP contribution in [-0.2, 0) is 9.53 Å². The van der Waals surface area contributed by atoms with Gasteiger partial charge in [-0.25, -0.2) is 14.2 Å². The average Bonchev–Trinajstić information content (AvgIpc) is 2.79. The molecule has 0 radical (unpaired) electrons. The van der Waals surface area contributed by atoms with Gasteiger partial charge >= 0.3 is 6.09 Å². The number of carbonyl (C=O) groups excluding carboxylic acids is 2. The number of alkyl halides is 1. The molecule has 23 heavy (non-hydrogen) atoms. The lowest BCUT2D eigenvalue weighted by Crippen LogP contribution is -2.45. The molecule has 0 aromatic carbocycles. The lowest BCUT2D eigenvalue weighted by Gasteiger charge is -2.27. The first-order chi connectivity index (χ1) is 10.7. The van der Waals surface area contributed by atoms with E-state index in [0.717, 1.165) is 4.90 Å². The highest BCUT2D eigenvalue weighted by Gasteiger charge is 2.41. The number of nitrogens with one attached hydrogen (secondary N) is 1. The summed E-state index contributed by atoms with van der Waals surface area (Å²) in [5.41, 5.74) is -0.731. The maximum absolute atomic E-state index is 13.7. The molecule has 1 fully saturated rings. The number of aromatic nitrogens is 2. The van der Waals surface area contributed by atoms with Crippen LogP contribution in [0.25, 0.3) is 0 Å². The number of halogens is 2. The highest BCUT2D eigenvalue weighted by molar-refractivity contribution is 6.29. The predicted molar refractivity (Wildman–Crippen MR) is 81.9 cm³/mol. The minimum absolute atomic E-state index is 0.0981. The Hall–Kier alpha value is -1.96. The summed E-state index contributed by atoms with van der Waals surface area (Å²) in [6.45, 7) is 4.91. The molecule has 1 aromatic heterocycles. The van der Waals surface area contributed by atoms with E-state index in [1.165, 1.54) is 12.4 Å². The summed E-state index contributed by atoms with van der Waals surface area (Å²) >= 11 is 5.69. The van der Waals surface area contributed by atoms with Gasteiger partial charge < -0.3 is 10.1 Å². The van der Waals surface area contributed by atoms with Gasteiger partial charge in [-0.2, -0.15) is 0 Å². The Labute approximate surface area is 138 Å². The first-order valence-electron chi connectivity index (χ1n) is 7.08. The molecule has 0 saturated carbocycles. The molecule has 0 bridgehead atoms. The summed E-state index contributed by atoms with van der Waals surface area (Å²) in [7, 11) is 0. The summed E-state index contributed by atoms with van der Waals surface area (Å²) in [4.78, 5) is 33.2. The summed E-state index contributed by atoms with van der Waals surface area (Å²) in [6.07, 6.45) is 0.513. The van der Waals surface area contributed by atoms with Gasteiger partial charge in [0.25, 0.3) is 0 Å². The molecular formula is C14H18ClFN4O3. The normalized spacial score (nSPS) is 21.2. The van der Waals surface area contributed by atoms with Crippen LogP contribution < -0.4 is 5.32 Å². The van der Waals surface area contributed by atoms with E-state index in [1.54, 1.807) is 20.8 Å². The third-order valence-corrected chi connectivity index (χ3v) is 3.22. The molecule has 2 heterocycles. The molecule has 2 amide bonds. The number of rotatable bonds is 2. The average molecular weight is 345 g/mol. The van der Waals surface area contributed by atoms with Gasteiger partial charge in [-0.05, 0) is 20.8 Å². The number of amides is 2. The molecule has 0 unspecified atom stereocenters. The van der Waals surface area contributed by atoms with Crippen LogP contribution in [0.4, 0.5) is 15.0 Å². The fourth-order valence-electron chi connectivity index (χ4n) is 2.17. The van der Waals surface area contributed by atoms with Crippen LogP contribution in [0.3, 0.4) is 0 Å². The molecular weight excluding hydrogens is 327 g/mol. The molecule has 1 aliphatic rings. The highest BCUT2D eigenvalue weighted by Crippen LogP contribution is 2.24. The number of hydrogen-bond acceptors (Lipinski definition) is 5. The monoisotopic (exact) mass is 344 g/mol. The number of ether oxygens (including phenoxy) is 1. The first kappa shape index (κ1) is 17.4. The summed E-state index contributed by atoms with van der Waals surface area (Å²) in [5, 5.41) is 2.59. The van der Waals surface area contributed by atoms with Crippen molar-refractivity contribution < 1.29 is 18.7 Å². The van der Waals surface area contributed by atoms with E-state index < -0.39 is 29.8 Å². The largest absolute Gasteiger partial charge is 0.444 e. The summed E-state index contributed by atoms with van der Waals surface area (Å²) < 4.78 is 18.9. The predicted octanol–water partition coefficient (Wildman–Crippen LogP) is 2.42. The molecule has 2 atom stereocenters. The second kappa shape index (κ2) is 6.66. The maximum atomic E-state index is 13.7. The Kier molecular flexibility index (Phi) is 5.03. The molecule has 1 aromatic rings. The third kappa shape index (κ3) is 4.75. The molecule has 1 saturated heterocycles. The van der Waals surface area contributed by atoms with Crippen molar-refractivity contribution in [3.63, 3.8) is 0 Å². The zero-order chi connectivity index (χ0) is 17.2. The van der Waals surface area contributed by atoms with Crippen LogP contribution in [-0.4, -0.2) is 51.2 Å². The van der Waals surface area contributed by atoms with Crippen LogP contribution in [0.5, 0.6) is 0 Å². The van der Waals surface area contributed by atoms with Crippen LogP contribution in [0.15, 0.2) is 12.4 Å². The van der Waals surface area contributed by atoms with Crippen molar-refractivity contribution in [2.45, 2.75) is 45.0 Å². The first-order valence-corrected chi connectivity index (χ1v) is 7.45. The fraction of sp³-hybridized carbons (Fsp3) is 0.571. The van der Waals surface area contributed by atoms with Crippen molar-refractivity contribution in [1.82, 2.24) is 14.9 Å². The molecule has 1 N–H and O–H groups in total. The molecule has 0 aliphatic carbocycles. The topological polar surface area (TPSA) is 84.4 Å². The molecule has 7 nitrogen and oxygen atoms in total. The molecule has 126 valence electrons. The highest BCUT2D eigenvalue weighted by atomic mass is 35.5. The van der Waals surface area contributed by atoms with Gasteiger partial charge in [0, 0.05) is 6.42 Å². The Morgan fingerprint density at radius 3 is 2.74 bits per heavy atom. The smallest absolute Gasteiger partial charge is 0.411 e. The van der Waals surface area contributed by atoms with Gasteiger partial charge in [0.1, 0.15) is 23.0 Å². The summed E-state index contributed by atoms with van der Waals surface area (Å²) in [5.74, 6) is -0.429. The Morgan fingerprint density at radius 1 is 1.43 bits per heavy atom. The quantitative estimate of drug-likeness (QED) is 0.890. The Morgan fingerprint density at radius 2 is 2.13 bits per heavy atom. The van der Waals surface area contributed by atoms with Gasteiger partial charge in [0.15, 0.2) is 5.82 Å². The van der Waals surface area contributed by atoms with E-state index in [4.69, 9.17) is 16.3 Å². The molecule has 0 spiro atoms. The van der Waals surface area contributed by atoms with Gasteiger partial charge in [-0.3, -0.25) is 14.7 Å². The Bertz CT molecular complexity index is 608. The van der Waals surface area contributed by atoms with Crippen molar-refractivity contribution in [3.8, 4) is 0 Å². The number of nitrogens with zero attached hydrogens (tertiary/aromatic N) is 3. The van der Waals surface area contributed by atoms with E-state index in [1.807, 2.05) is 0 Å². The number of likely N-dealkylation sites (tertiary alicyclic amines) is 1. The van der Waals surface area contributed by atoms with E-state index >= 15 is 0 Å². The van der Waals surface area contributed by atoms with Crippen molar-refractivity contribution in [3.05, 3.63) is 17.5 Å². The van der Waals surface area contributed by atoms with Crippen LogP contribution in [0.2, 0.25) is 5.15 Å². The fourth-order valence-corrected chi connectivity index (χ4v) is 2.31. The van der Waals surface area contributed by atoms with E-state index in [2.05, 4.69) is 15.3 Å². The van der Waals surface area contributed by atoms with E-state index in [0.29, 0.717) is 0 Å². The lowest BCUT2D eigenvalue weighted by atomic mass is 10.2. The van der Waals surface area contributed by atoms with Crippen molar-refractivity contribution in [2.75, 3.05) is 11.9 Å². The Balaban J connectivity index is 2.09. The minimum atomic E-state index is -1.29. The van der Waals surface area contributed by atoms with E-state index in [9.17, 15) is 14.0 Å². The standard InChI is InChI=1S/C14H18ClFN4O3/c1-14(2,3)23-13(22)20-7-8(16)4-9(20)12(21)19-11-6-17-5-10(15)18-11/h5-6,8-9H,4,7H2,1-3H3,(H,18,19,21)/t8-,9-/m1/s1. The second-order valence-electron chi connectivity index (χ2n) is 6.20. The lowest BCUT2D eigenvalue weighted by molar-refractivity contribution is -0.120. The zero-order valence-corrected chi connectivity index (χ0v) is 13.8. The molecule has 9 heteroatoms. The SMILES string of the molecule is CC(C)(C)OC(=O)N1C[C@H](F)C[C@@H]1C(=O)Nc1cncc(Cl)n1. The van der Waals surface area contributed by atoms with Crippen LogP contribution in [0.1, 0.15) is 27.2 Å². The number of anilines is 1. The summed E-state index contributed by atoms with van der Waals surface area (Å²) in [6, 6.07) is -0.972.